The van der Waals surface area contributed by atoms with Crippen LogP contribution in [0.15, 0.2) is 47.4 Å². The number of halogens is 1. The molecule has 0 N–H and O–H groups in total. The van der Waals surface area contributed by atoms with Crippen LogP contribution in [0.25, 0.3) is 10.2 Å². The Kier molecular flexibility index (Phi) is 9.80. The zero-order chi connectivity index (χ0) is 27.3. The van der Waals surface area contributed by atoms with Gasteiger partial charge in [-0.3, -0.25) is 9.69 Å². The number of hydrogen-bond acceptors (Lipinski definition) is 6. The Labute approximate surface area is 224 Å². The summed E-state index contributed by atoms with van der Waals surface area (Å²) in [5.74, 6) is -0.363. The third-order valence-corrected chi connectivity index (χ3v) is 8.59. The number of carbonyl (C=O) groups excluding carboxylic acids is 1. The number of hydrogen-bond donors (Lipinski definition) is 0. The Morgan fingerprint density at radius 1 is 0.973 bits per heavy atom. The lowest BCUT2D eigenvalue weighted by Gasteiger charge is -2.26. The van der Waals surface area contributed by atoms with Crippen LogP contribution in [0.1, 0.15) is 44.5 Å². The highest BCUT2D eigenvalue weighted by molar-refractivity contribution is 7.89. The normalized spacial score (nSPS) is 12.4. The van der Waals surface area contributed by atoms with Gasteiger partial charge in [-0.25, -0.2) is 17.8 Å². The smallest absolute Gasteiger partial charge is 0.260 e. The summed E-state index contributed by atoms with van der Waals surface area (Å²) in [6, 6.07) is 10.8. The number of rotatable bonds is 12. The second-order valence-electron chi connectivity index (χ2n) is 10.3. The van der Waals surface area contributed by atoms with Crippen molar-refractivity contribution in [3.05, 3.63) is 53.8 Å². The van der Waals surface area contributed by atoms with Crippen molar-refractivity contribution in [1.82, 2.24) is 14.2 Å². The van der Waals surface area contributed by atoms with E-state index >= 15 is 0 Å². The second-order valence-corrected chi connectivity index (χ2v) is 13.3. The summed E-state index contributed by atoms with van der Waals surface area (Å²) >= 11 is 1.26. The summed E-state index contributed by atoms with van der Waals surface area (Å²) in [5.41, 5.74) is 0.590. The van der Waals surface area contributed by atoms with E-state index in [-0.39, 0.29) is 28.2 Å². The summed E-state index contributed by atoms with van der Waals surface area (Å²) in [7, 11) is 0.216. The van der Waals surface area contributed by atoms with Crippen molar-refractivity contribution < 1.29 is 17.6 Å². The third kappa shape index (κ3) is 7.34. The van der Waals surface area contributed by atoms with E-state index in [1.54, 1.807) is 29.2 Å². The maximum Gasteiger partial charge on any atom is 0.260 e. The molecule has 1 heterocycles. The van der Waals surface area contributed by atoms with Crippen molar-refractivity contribution in [1.29, 1.82) is 0 Å². The van der Waals surface area contributed by atoms with Crippen molar-refractivity contribution in [3.8, 4) is 0 Å². The number of sulfonamides is 1. The van der Waals surface area contributed by atoms with Gasteiger partial charge in [0.05, 0.1) is 9.60 Å². The molecule has 202 valence electrons. The lowest BCUT2D eigenvalue weighted by atomic mass is 10.2. The van der Waals surface area contributed by atoms with Gasteiger partial charge >= 0.3 is 0 Å². The number of aromatic nitrogens is 1. The number of benzene rings is 2. The van der Waals surface area contributed by atoms with E-state index in [4.69, 9.17) is 0 Å². The summed E-state index contributed by atoms with van der Waals surface area (Å²) in [5, 5.41) is 0.417. The molecule has 0 saturated carbocycles. The van der Waals surface area contributed by atoms with Crippen molar-refractivity contribution >= 4 is 42.6 Å². The number of nitrogens with zero attached hydrogens (tertiary/aromatic N) is 4. The van der Waals surface area contributed by atoms with Crippen LogP contribution in [0, 0.1) is 17.7 Å². The number of thiazole rings is 1. The van der Waals surface area contributed by atoms with E-state index in [0.29, 0.717) is 41.5 Å². The van der Waals surface area contributed by atoms with Crippen LogP contribution in [0.5, 0.6) is 0 Å². The molecule has 3 aromatic rings. The minimum Gasteiger partial charge on any atom is -0.309 e. The fourth-order valence-electron chi connectivity index (χ4n) is 4.01. The molecule has 10 heteroatoms. The van der Waals surface area contributed by atoms with Crippen LogP contribution >= 0.6 is 11.3 Å². The number of carbonyl (C=O) groups is 1. The first kappa shape index (κ1) is 29.2. The molecule has 0 unspecified atom stereocenters. The van der Waals surface area contributed by atoms with Gasteiger partial charge < -0.3 is 4.90 Å². The fraction of sp³-hybridized carbons (Fsp3) is 0.481. The van der Waals surface area contributed by atoms with Gasteiger partial charge in [-0.05, 0) is 75.3 Å². The lowest BCUT2D eigenvalue weighted by Crippen LogP contribution is -2.37. The summed E-state index contributed by atoms with van der Waals surface area (Å²) in [6.45, 7) is 9.97. The first-order valence-electron chi connectivity index (χ1n) is 12.5. The van der Waals surface area contributed by atoms with E-state index in [9.17, 15) is 17.6 Å². The molecule has 0 saturated heterocycles. The Morgan fingerprint density at radius 3 is 2.14 bits per heavy atom. The van der Waals surface area contributed by atoms with Gasteiger partial charge in [0.25, 0.3) is 5.91 Å². The number of para-hydroxylation sites is 1. The van der Waals surface area contributed by atoms with Crippen molar-refractivity contribution in [3.63, 3.8) is 0 Å². The average molecular weight is 549 g/mol. The Balaban J connectivity index is 1.91. The predicted molar refractivity (Wildman–Crippen MR) is 149 cm³/mol. The zero-order valence-electron chi connectivity index (χ0n) is 22.4. The van der Waals surface area contributed by atoms with Gasteiger partial charge in [-0.2, -0.15) is 4.31 Å². The molecule has 0 atom stereocenters. The van der Waals surface area contributed by atoms with Gasteiger partial charge in [0.15, 0.2) is 5.13 Å². The van der Waals surface area contributed by atoms with E-state index < -0.39 is 15.8 Å². The van der Waals surface area contributed by atoms with Gasteiger partial charge in [-0.15, -0.1) is 0 Å². The highest BCUT2D eigenvalue weighted by Gasteiger charge is 2.27. The SMILES string of the molecule is CC(C)CN(CC(C)C)S(=O)(=O)c1ccc(C(=O)N(CCCN(C)C)c2nc3c(F)cccc3s2)cc1. The van der Waals surface area contributed by atoms with Gasteiger partial charge in [0.1, 0.15) is 11.3 Å². The number of amides is 1. The summed E-state index contributed by atoms with van der Waals surface area (Å²) in [6.07, 6.45) is 0.697. The minimum atomic E-state index is -3.70. The molecule has 0 spiro atoms. The molecule has 1 aromatic heterocycles. The molecule has 0 bridgehead atoms. The summed E-state index contributed by atoms with van der Waals surface area (Å²) in [4.78, 5) is 21.8. The Hall–Kier alpha value is -2.40. The topological polar surface area (TPSA) is 73.8 Å². The standard InChI is InChI=1S/C27H37FN4O3S2/c1-19(2)17-31(18-20(3)4)37(34,35)22-13-11-21(12-14-22)26(33)32(16-8-15-30(5)6)27-29-25-23(28)9-7-10-24(25)36-27/h7,9-14,19-20H,8,15-18H2,1-6H3. The molecule has 0 aliphatic heterocycles. The highest BCUT2D eigenvalue weighted by Crippen LogP contribution is 2.31. The van der Waals surface area contributed by atoms with Crippen LogP contribution in [0.3, 0.4) is 0 Å². The maximum atomic E-state index is 14.3. The van der Waals surface area contributed by atoms with Crippen molar-refractivity contribution in [2.75, 3.05) is 45.2 Å². The van der Waals surface area contributed by atoms with Crippen LogP contribution in [0.4, 0.5) is 9.52 Å². The lowest BCUT2D eigenvalue weighted by molar-refractivity contribution is 0.0986. The van der Waals surface area contributed by atoms with E-state index in [1.165, 1.54) is 33.8 Å². The van der Waals surface area contributed by atoms with E-state index in [2.05, 4.69) is 4.98 Å². The molecule has 7 nitrogen and oxygen atoms in total. The Bertz CT molecular complexity index is 1290. The number of fused-ring (bicyclic) bond motifs is 1. The van der Waals surface area contributed by atoms with E-state index in [0.717, 1.165) is 6.54 Å². The van der Waals surface area contributed by atoms with Crippen LogP contribution in [0.2, 0.25) is 0 Å². The monoisotopic (exact) mass is 548 g/mol. The fourth-order valence-corrected chi connectivity index (χ4v) is 6.78. The Morgan fingerprint density at radius 2 is 1.59 bits per heavy atom. The van der Waals surface area contributed by atoms with E-state index in [1.807, 2.05) is 46.7 Å². The molecule has 3 rings (SSSR count). The third-order valence-electron chi connectivity index (χ3n) is 5.70. The molecular formula is C27H37FN4O3S2. The molecule has 0 aliphatic rings. The minimum absolute atomic E-state index is 0.159. The molecule has 0 aliphatic carbocycles. The second kappa shape index (κ2) is 12.4. The molecule has 0 radical (unpaired) electrons. The van der Waals surface area contributed by atoms with Crippen molar-refractivity contribution in [2.24, 2.45) is 11.8 Å². The molecular weight excluding hydrogens is 511 g/mol. The van der Waals surface area contributed by atoms with Crippen molar-refractivity contribution in [2.45, 2.75) is 39.0 Å². The molecule has 37 heavy (non-hydrogen) atoms. The maximum absolute atomic E-state index is 14.3. The van der Waals surface area contributed by atoms with Crippen LogP contribution < -0.4 is 4.90 Å². The van der Waals surface area contributed by atoms with Gasteiger partial charge in [0, 0.05) is 25.2 Å². The highest BCUT2D eigenvalue weighted by atomic mass is 32.2. The predicted octanol–water partition coefficient (Wildman–Crippen LogP) is 5.34. The van der Waals surface area contributed by atoms with Crippen LogP contribution in [-0.4, -0.2) is 68.8 Å². The number of anilines is 1. The zero-order valence-corrected chi connectivity index (χ0v) is 24.1. The van der Waals surface area contributed by atoms with Gasteiger partial charge in [-0.1, -0.05) is 45.1 Å². The van der Waals surface area contributed by atoms with Crippen LogP contribution in [-0.2, 0) is 10.0 Å². The molecule has 1 amide bonds. The summed E-state index contributed by atoms with van der Waals surface area (Å²) < 4.78 is 43.2. The quantitative estimate of drug-likeness (QED) is 0.306. The molecule has 0 fully saturated rings. The largest absolute Gasteiger partial charge is 0.309 e. The first-order valence-corrected chi connectivity index (χ1v) is 14.8. The average Bonchev–Trinajstić information content (AvgIpc) is 3.26. The van der Waals surface area contributed by atoms with Gasteiger partial charge in [0.2, 0.25) is 10.0 Å². The molecule has 2 aromatic carbocycles. The first-order chi connectivity index (χ1) is 17.4.